The summed E-state index contributed by atoms with van der Waals surface area (Å²) in [6.45, 7) is 1.93. The molecule has 2 aromatic carbocycles. The highest BCUT2D eigenvalue weighted by Gasteiger charge is 2.22. The van der Waals surface area contributed by atoms with E-state index in [9.17, 15) is 15.0 Å². The average Bonchev–Trinajstić information content (AvgIpc) is 2.61. The molecule has 2 aromatic rings. The maximum atomic E-state index is 12.7. The van der Waals surface area contributed by atoms with Crippen LogP contribution in [0, 0.1) is 0 Å². The van der Waals surface area contributed by atoms with Crippen molar-refractivity contribution in [2.24, 2.45) is 0 Å². The lowest BCUT2D eigenvalue weighted by Gasteiger charge is -2.22. The fraction of sp³-hybridized carbons (Fsp3) is 0.350. The van der Waals surface area contributed by atoms with E-state index in [4.69, 9.17) is 0 Å². The summed E-state index contributed by atoms with van der Waals surface area (Å²) in [6, 6.07) is 16.2. The summed E-state index contributed by atoms with van der Waals surface area (Å²) in [7, 11) is 0. The van der Waals surface area contributed by atoms with Crippen LogP contribution >= 0.6 is 0 Å². The third-order valence-corrected chi connectivity index (χ3v) is 4.08. The fourth-order valence-electron chi connectivity index (χ4n) is 2.80. The van der Waals surface area contributed by atoms with Crippen LogP contribution in [-0.2, 0) is 11.2 Å². The fourth-order valence-corrected chi connectivity index (χ4v) is 2.80. The average molecular weight is 327 g/mol. The first-order valence-electron chi connectivity index (χ1n) is 8.38. The minimum Gasteiger partial charge on any atom is -0.508 e. The number of aliphatic hydroxyl groups excluding tert-OH is 1. The highest BCUT2D eigenvalue weighted by atomic mass is 16.3. The molecule has 24 heavy (non-hydrogen) atoms. The maximum absolute atomic E-state index is 12.7. The first kappa shape index (κ1) is 18.0. The number of benzene rings is 2. The topological polar surface area (TPSA) is 69.6 Å². The highest BCUT2D eigenvalue weighted by molar-refractivity contribution is 5.83. The van der Waals surface area contributed by atoms with E-state index in [0.29, 0.717) is 6.42 Å². The number of phenolic OH excluding ortho intramolecular Hbond substituents is 1. The second-order valence-corrected chi connectivity index (χ2v) is 6.01. The number of carbonyl (C=O) groups excluding carboxylic acids is 1. The quantitative estimate of drug-likeness (QED) is 0.698. The van der Waals surface area contributed by atoms with Crippen LogP contribution in [0.2, 0.25) is 0 Å². The lowest BCUT2D eigenvalue weighted by molar-refractivity contribution is -0.123. The molecule has 0 spiro atoms. The monoisotopic (exact) mass is 327 g/mol. The van der Waals surface area contributed by atoms with Crippen molar-refractivity contribution >= 4 is 5.91 Å². The van der Waals surface area contributed by atoms with Gasteiger partial charge in [0.2, 0.25) is 5.91 Å². The molecule has 2 atom stereocenters. The van der Waals surface area contributed by atoms with Gasteiger partial charge in [-0.15, -0.1) is 0 Å². The van der Waals surface area contributed by atoms with Gasteiger partial charge >= 0.3 is 0 Å². The number of aromatic hydroxyl groups is 1. The number of phenols is 1. The smallest absolute Gasteiger partial charge is 0.227 e. The number of hydrogen-bond donors (Lipinski definition) is 3. The largest absolute Gasteiger partial charge is 0.508 e. The molecule has 1 unspecified atom stereocenters. The molecule has 1 amide bonds. The van der Waals surface area contributed by atoms with Crippen LogP contribution in [0.25, 0.3) is 0 Å². The van der Waals surface area contributed by atoms with Gasteiger partial charge in [0.05, 0.1) is 18.6 Å². The van der Waals surface area contributed by atoms with Crippen LogP contribution in [0.15, 0.2) is 54.6 Å². The molecule has 0 fully saturated rings. The third kappa shape index (κ3) is 5.10. The van der Waals surface area contributed by atoms with Crippen molar-refractivity contribution < 1.29 is 15.0 Å². The van der Waals surface area contributed by atoms with E-state index in [0.717, 1.165) is 24.0 Å². The summed E-state index contributed by atoms with van der Waals surface area (Å²) in [5.74, 6) is -0.0543. The molecular weight excluding hydrogens is 302 g/mol. The van der Waals surface area contributed by atoms with Crippen molar-refractivity contribution in [3.8, 4) is 5.75 Å². The Kier molecular flexibility index (Phi) is 6.82. The Morgan fingerprint density at radius 1 is 1.08 bits per heavy atom. The summed E-state index contributed by atoms with van der Waals surface area (Å²) in [5.41, 5.74) is 1.96. The van der Waals surface area contributed by atoms with Gasteiger partial charge in [0.25, 0.3) is 0 Å². The summed E-state index contributed by atoms with van der Waals surface area (Å²) >= 11 is 0. The SMILES string of the molecule is CCCC(C(=O)N[C@H](CO)Cc1ccc(O)cc1)c1ccccc1. The number of carbonyl (C=O) groups is 1. The maximum Gasteiger partial charge on any atom is 0.227 e. The Labute approximate surface area is 143 Å². The van der Waals surface area contributed by atoms with Gasteiger partial charge in [-0.2, -0.15) is 0 Å². The molecule has 0 saturated heterocycles. The van der Waals surface area contributed by atoms with Crippen molar-refractivity contribution in [3.05, 3.63) is 65.7 Å². The van der Waals surface area contributed by atoms with E-state index in [1.807, 2.05) is 30.3 Å². The lowest BCUT2D eigenvalue weighted by Crippen LogP contribution is -2.41. The van der Waals surface area contributed by atoms with Gasteiger partial charge < -0.3 is 15.5 Å². The molecule has 0 radical (unpaired) electrons. The molecule has 0 saturated carbocycles. The van der Waals surface area contributed by atoms with E-state index >= 15 is 0 Å². The number of rotatable bonds is 8. The molecule has 4 nitrogen and oxygen atoms in total. The van der Waals surface area contributed by atoms with Gasteiger partial charge in [-0.3, -0.25) is 4.79 Å². The molecule has 128 valence electrons. The van der Waals surface area contributed by atoms with Gasteiger partial charge in [0.1, 0.15) is 5.75 Å². The first-order chi connectivity index (χ1) is 11.6. The van der Waals surface area contributed by atoms with E-state index in [-0.39, 0.29) is 30.2 Å². The molecule has 0 heterocycles. The van der Waals surface area contributed by atoms with Crippen molar-refractivity contribution in [1.82, 2.24) is 5.32 Å². The first-order valence-corrected chi connectivity index (χ1v) is 8.38. The highest BCUT2D eigenvalue weighted by Crippen LogP contribution is 2.21. The second-order valence-electron chi connectivity index (χ2n) is 6.01. The molecule has 0 aliphatic heterocycles. The summed E-state index contributed by atoms with van der Waals surface area (Å²) < 4.78 is 0. The Hall–Kier alpha value is -2.33. The molecule has 0 aromatic heterocycles. The van der Waals surface area contributed by atoms with Crippen molar-refractivity contribution in [1.29, 1.82) is 0 Å². The number of amides is 1. The summed E-state index contributed by atoms with van der Waals surface area (Å²) in [6.07, 6.45) is 2.21. The lowest BCUT2D eigenvalue weighted by atomic mass is 9.93. The van der Waals surface area contributed by atoms with Crippen molar-refractivity contribution in [3.63, 3.8) is 0 Å². The minimum atomic E-state index is -0.342. The van der Waals surface area contributed by atoms with Gasteiger partial charge in [-0.25, -0.2) is 0 Å². The van der Waals surface area contributed by atoms with Crippen molar-refractivity contribution in [2.45, 2.75) is 38.1 Å². The molecule has 0 bridgehead atoms. The molecule has 4 heteroatoms. The molecule has 2 rings (SSSR count). The number of hydrogen-bond acceptors (Lipinski definition) is 3. The molecule has 0 aliphatic carbocycles. The van der Waals surface area contributed by atoms with E-state index in [1.54, 1.807) is 24.3 Å². The van der Waals surface area contributed by atoms with E-state index in [2.05, 4.69) is 12.2 Å². The standard InChI is InChI=1S/C20H25NO3/c1-2-6-19(16-7-4-3-5-8-16)20(24)21-17(14-22)13-15-9-11-18(23)12-10-15/h3-5,7-12,17,19,22-23H,2,6,13-14H2,1H3,(H,21,24)/t17-,19?/m0/s1. The zero-order valence-electron chi connectivity index (χ0n) is 14.0. The predicted molar refractivity (Wildman–Crippen MR) is 94.9 cm³/mol. The number of nitrogens with one attached hydrogen (secondary N) is 1. The van der Waals surface area contributed by atoms with Gasteiger partial charge in [0, 0.05) is 0 Å². The van der Waals surface area contributed by atoms with Gasteiger partial charge in [0.15, 0.2) is 0 Å². The molecular formula is C20H25NO3. The Morgan fingerprint density at radius 2 is 1.75 bits per heavy atom. The zero-order valence-corrected chi connectivity index (χ0v) is 14.0. The Bertz CT molecular complexity index is 625. The Morgan fingerprint density at radius 3 is 2.33 bits per heavy atom. The van der Waals surface area contributed by atoms with E-state index in [1.165, 1.54) is 0 Å². The van der Waals surface area contributed by atoms with Crippen LogP contribution in [0.5, 0.6) is 5.75 Å². The van der Waals surface area contributed by atoms with Crippen LogP contribution in [0.3, 0.4) is 0 Å². The van der Waals surface area contributed by atoms with Crippen LogP contribution in [0.4, 0.5) is 0 Å². The van der Waals surface area contributed by atoms with Crippen LogP contribution in [-0.4, -0.2) is 28.8 Å². The predicted octanol–water partition coefficient (Wildman–Crippen LogP) is 3.00. The van der Waals surface area contributed by atoms with Crippen LogP contribution < -0.4 is 5.32 Å². The Balaban J connectivity index is 2.04. The van der Waals surface area contributed by atoms with Gasteiger partial charge in [-0.05, 0) is 36.1 Å². The number of aliphatic hydroxyl groups is 1. The normalized spacial score (nSPS) is 13.2. The summed E-state index contributed by atoms with van der Waals surface area (Å²) in [5, 5.41) is 21.9. The third-order valence-electron chi connectivity index (χ3n) is 4.08. The molecule has 0 aliphatic rings. The summed E-state index contributed by atoms with van der Waals surface area (Å²) in [4.78, 5) is 12.7. The van der Waals surface area contributed by atoms with Gasteiger partial charge in [-0.1, -0.05) is 55.8 Å². The van der Waals surface area contributed by atoms with Crippen molar-refractivity contribution in [2.75, 3.05) is 6.61 Å². The van der Waals surface area contributed by atoms with Crippen LogP contribution in [0.1, 0.15) is 36.8 Å². The minimum absolute atomic E-state index is 0.0547. The molecule has 3 N–H and O–H groups in total. The second kappa shape index (κ2) is 9.08. The van der Waals surface area contributed by atoms with E-state index < -0.39 is 0 Å². The zero-order chi connectivity index (χ0) is 17.4.